The Bertz CT molecular complexity index is 1160. The summed E-state index contributed by atoms with van der Waals surface area (Å²) in [5.74, 6) is 0.677. The van der Waals surface area contributed by atoms with Gasteiger partial charge in [-0.05, 0) is 55.3 Å². The molecule has 7 heteroatoms. The monoisotopic (exact) mass is 434 g/mol. The molecule has 1 N–H and O–H groups in total. The molecule has 1 aliphatic carbocycles. The predicted octanol–water partition coefficient (Wildman–Crippen LogP) is 5.38. The van der Waals surface area contributed by atoms with Crippen LogP contribution in [0.2, 0.25) is 0 Å². The molecule has 4 aromatic heterocycles. The van der Waals surface area contributed by atoms with E-state index in [0.29, 0.717) is 12.5 Å². The number of hydrogen-bond donors (Lipinski definition) is 1. The van der Waals surface area contributed by atoms with E-state index in [-0.39, 0.29) is 5.91 Å². The van der Waals surface area contributed by atoms with Crippen LogP contribution in [0.25, 0.3) is 22.0 Å². The van der Waals surface area contributed by atoms with Crippen LogP contribution in [-0.4, -0.2) is 20.4 Å². The molecule has 0 spiro atoms. The second-order valence-corrected chi connectivity index (χ2v) is 9.51. The Morgan fingerprint density at radius 2 is 2.07 bits per heavy atom. The highest BCUT2D eigenvalue weighted by Gasteiger charge is 2.27. The number of amides is 1. The molecule has 152 valence electrons. The number of aromatic nitrogens is 3. The fourth-order valence-corrected chi connectivity index (χ4v) is 5.04. The molecule has 5 nitrogen and oxygen atoms in total. The van der Waals surface area contributed by atoms with Gasteiger partial charge in [0.25, 0.3) is 5.91 Å². The van der Waals surface area contributed by atoms with E-state index in [1.54, 1.807) is 35.1 Å². The molecule has 4 aromatic rings. The molecule has 0 atom stereocenters. The van der Waals surface area contributed by atoms with E-state index < -0.39 is 0 Å². The van der Waals surface area contributed by atoms with Gasteiger partial charge < -0.3 is 9.88 Å². The average Bonchev–Trinajstić information content (AvgIpc) is 3.14. The zero-order chi connectivity index (χ0) is 20.5. The Morgan fingerprint density at radius 1 is 1.23 bits per heavy atom. The summed E-state index contributed by atoms with van der Waals surface area (Å²) >= 11 is 3.28. The summed E-state index contributed by atoms with van der Waals surface area (Å²) in [7, 11) is 0. The van der Waals surface area contributed by atoms with E-state index in [1.807, 2.05) is 42.6 Å². The number of rotatable bonds is 7. The Hall–Kier alpha value is -2.77. The Labute approximate surface area is 183 Å². The fraction of sp³-hybridized carbons (Fsp3) is 0.261. The van der Waals surface area contributed by atoms with Crippen molar-refractivity contribution in [3.05, 3.63) is 69.6 Å². The third kappa shape index (κ3) is 3.95. The third-order valence-corrected chi connectivity index (χ3v) is 7.21. The molecule has 0 saturated heterocycles. The van der Waals surface area contributed by atoms with Gasteiger partial charge in [-0.25, -0.2) is 4.98 Å². The van der Waals surface area contributed by atoms with Gasteiger partial charge >= 0.3 is 0 Å². The number of nitrogens with zero attached hydrogens (tertiary/aromatic N) is 3. The Kier molecular flexibility index (Phi) is 5.23. The van der Waals surface area contributed by atoms with Gasteiger partial charge in [-0.1, -0.05) is 6.07 Å². The number of pyridine rings is 1. The van der Waals surface area contributed by atoms with Crippen LogP contribution in [0.15, 0.2) is 53.5 Å². The highest BCUT2D eigenvalue weighted by molar-refractivity contribution is 7.13. The molecule has 0 unspecified atom stereocenters. The summed E-state index contributed by atoms with van der Waals surface area (Å²) in [6.45, 7) is 3.55. The zero-order valence-corrected chi connectivity index (χ0v) is 18.3. The SMILES string of the molecule is Cc1c(C(=O)NCc2cccs2)cc(-c2csc(-c3ccncc3)n2)n1CC1CC1. The van der Waals surface area contributed by atoms with Crippen molar-refractivity contribution in [2.24, 2.45) is 5.92 Å². The van der Waals surface area contributed by atoms with Gasteiger partial charge in [0.05, 0.1) is 23.5 Å². The van der Waals surface area contributed by atoms with Crippen LogP contribution >= 0.6 is 22.7 Å². The first-order valence-corrected chi connectivity index (χ1v) is 11.8. The van der Waals surface area contributed by atoms with Gasteiger partial charge in [-0.3, -0.25) is 9.78 Å². The van der Waals surface area contributed by atoms with Crippen molar-refractivity contribution in [3.63, 3.8) is 0 Å². The highest BCUT2D eigenvalue weighted by Crippen LogP contribution is 2.36. The van der Waals surface area contributed by atoms with Crippen molar-refractivity contribution in [1.82, 2.24) is 19.9 Å². The van der Waals surface area contributed by atoms with Gasteiger partial charge in [0.1, 0.15) is 5.01 Å². The molecule has 4 heterocycles. The normalized spacial score (nSPS) is 13.5. The van der Waals surface area contributed by atoms with E-state index in [2.05, 4.69) is 20.2 Å². The first-order valence-electron chi connectivity index (χ1n) is 10.1. The lowest BCUT2D eigenvalue weighted by atomic mass is 10.2. The van der Waals surface area contributed by atoms with Gasteiger partial charge in [0.2, 0.25) is 0 Å². The summed E-state index contributed by atoms with van der Waals surface area (Å²) < 4.78 is 2.28. The van der Waals surface area contributed by atoms with Gasteiger partial charge in [-0.15, -0.1) is 22.7 Å². The van der Waals surface area contributed by atoms with Crippen molar-refractivity contribution in [2.75, 3.05) is 0 Å². The van der Waals surface area contributed by atoms with Gasteiger partial charge in [-0.2, -0.15) is 0 Å². The minimum absolute atomic E-state index is 0.0266. The number of thiazole rings is 1. The zero-order valence-electron chi connectivity index (χ0n) is 16.7. The van der Waals surface area contributed by atoms with Crippen LogP contribution in [0.5, 0.6) is 0 Å². The van der Waals surface area contributed by atoms with Crippen molar-refractivity contribution >= 4 is 28.6 Å². The Morgan fingerprint density at radius 3 is 2.80 bits per heavy atom. The molecule has 1 saturated carbocycles. The number of nitrogens with one attached hydrogen (secondary N) is 1. The summed E-state index contributed by atoms with van der Waals surface area (Å²) in [4.78, 5) is 23.1. The molecule has 0 radical (unpaired) electrons. The predicted molar refractivity (Wildman–Crippen MR) is 122 cm³/mol. The standard InChI is InChI=1S/C23H22N4OS2/c1-15-19(22(28)25-12-18-3-2-10-29-18)11-21(27(15)13-16-4-5-16)20-14-30-23(26-20)17-6-8-24-9-7-17/h2-3,6-11,14,16H,4-5,12-13H2,1H3,(H,25,28). The van der Waals surface area contributed by atoms with Crippen LogP contribution in [-0.2, 0) is 13.1 Å². The van der Waals surface area contributed by atoms with Crippen molar-refractivity contribution in [1.29, 1.82) is 0 Å². The number of hydrogen-bond acceptors (Lipinski definition) is 5. The topological polar surface area (TPSA) is 59.8 Å². The second-order valence-electron chi connectivity index (χ2n) is 7.62. The minimum atomic E-state index is -0.0266. The van der Waals surface area contributed by atoms with Crippen LogP contribution in [0.1, 0.15) is 33.8 Å². The van der Waals surface area contributed by atoms with Crippen molar-refractivity contribution in [2.45, 2.75) is 32.9 Å². The van der Waals surface area contributed by atoms with Crippen LogP contribution in [0.4, 0.5) is 0 Å². The Balaban J connectivity index is 1.46. The molecule has 0 aromatic carbocycles. The van der Waals surface area contributed by atoms with Crippen molar-refractivity contribution in [3.8, 4) is 22.0 Å². The smallest absolute Gasteiger partial charge is 0.253 e. The molecule has 1 amide bonds. The van der Waals surface area contributed by atoms with Crippen LogP contribution in [0, 0.1) is 12.8 Å². The minimum Gasteiger partial charge on any atom is -0.347 e. The average molecular weight is 435 g/mol. The van der Waals surface area contributed by atoms with Crippen molar-refractivity contribution < 1.29 is 4.79 Å². The first kappa shape index (κ1) is 19.2. The van der Waals surface area contributed by atoms with Crippen LogP contribution in [0.3, 0.4) is 0 Å². The van der Waals surface area contributed by atoms with E-state index >= 15 is 0 Å². The molecule has 5 rings (SSSR count). The number of carbonyl (C=O) groups excluding carboxylic acids is 1. The lowest BCUT2D eigenvalue weighted by Crippen LogP contribution is -2.23. The highest BCUT2D eigenvalue weighted by atomic mass is 32.1. The second kappa shape index (κ2) is 8.16. The first-order chi connectivity index (χ1) is 14.7. The number of thiophene rings is 1. The summed E-state index contributed by atoms with van der Waals surface area (Å²) in [6.07, 6.45) is 6.09. The largest absolute Gasteiger partial charge is 0.347 e. The molecule has 0 bridgehead atoms. The maximum Gasteiger partial charge on any atom is 0.253 e. The molecule has 1 fully saturated rings. The van der Waals surface area contributed by atoms with E-state index in [4.69, 9.17) is 4.98 Å². The lowest BCUT2D eigenvalue weighted by Gasteiger charge is -2.10. The molecule has 0 aliphatic heterocycles. The summed E-state index contributed by atoms with van der Waals surface area (Å²) in [5.41, 5.74) is 4.76. The molecule has 1 aliphatic rings. The third-order valence-electron chi connectivity index (χ3n) is 5.45. The number of carbonyl (C=O) groups is 1. The van der Waals surface area contributed by atoms with E-state index in [0.717, 1.165) is 44.6 Å². The van der Waals surface area contributed by atoms with Crippen LogP contribution < -0.4 is 5.32 Å². The van der Waals surface area contributed by atoms with Gasteiger partial charge in [0.15, 0.2) is 0 Å². The molecule has 30 heavy (non-hydrogen) atoms. The molecular weight excluding hydrogens is 412 g/mol. The summed E-state index contributed by atoms with van der Waals surface area (Å²) in [5, 5.41) is 8.15. The molecular formula is C23H22N4OS2. The fourth-order valence-electron chi connectivity index (χ4n) is 3.58. The maximum absolute atomic E-state index is 12.9. The summed E-state index contributed by atoms with van der Waals surface area (Å²) in [6, 6.07) is 10.00. The van der Waals surface area contributed by atoms with E-state index in [1.165, 1.54) is 12.8 Å². The maximum atomic E-state index is 12.9. The van der Waals surface area contributed by atoms with E-state index in [9.17, 15) is 4.79 Å². The quantitative estimate of drug-likeness (QED) is 0.425. The van der Waals surface area contributed by atoms with Gasteiger partial charge in [0, 0.05) is 40.5 Å². The lowest BCUT2D eigenvalue weighted by molar-refractivity contribution is 0.0950.